The van der Waals surface area contributed by atoms with Crippen LogP contribution in [-0.2, 0) is 11.2 Å². The number of aryl methyl sites for hydroxylation is 1. The summed E-state index contributed by atoms with van der Waals surface area (Å²) in [6, 6.07) is 9.77. The molecule has 0 spiro atoms. The molecule has 2 aromatic rings. The number of nitrogens with one attached hydrogen (secondary N) is 1. The average molecular weight is 315 g/mol. The lowest BCUT2D eigenvalue weighted by molar-refractivity contribution is -0.123. The lowest BCUT2D eigenvalue weighted by Crippen LogP contribution is -2.56. The fourth-order valence-corrected chi connectivity index (χ4v) is 3.02. The van der Waals surface area contributed by atoms with Gasteiger partial charge in [0.1, 0.15) is 11.3 Å². The van der Waals surface area contributed by atoms with Crippen LogP contribution in [0.25, 0.3) is 0 Å². The summed E-state index contributed by atoms with van der Waals surface area (Å²) in [7, 11) is 0. The number of aromatic nitrogens is 2. The summed E-state index contributed by atoms with van der Waals surface area (Å²) in [4.78, 5) is 14.2. The predicted molar refractivity (Wildman–Crippen MR) is 85.1 cm³/mol. The lowest BCUT2D eigenvalue weighted by atomic mass is 9.92. The van der Waals surface area contributed by atoms with Gasteiger partial charge in [-0.2, -0.15) is 5.10 Å². The quantitative estimate of drug-likeness (QED) is 0.887. The molecule has 122 valence electrons. The van der Waals surface area contributed by atoms with Crippen molar-refractivity contribution in [3.63, 3.8) is 0 Å². The van der Waals surface area contributed by atoms with Gasteiger partial charge in [-0.05, 0) is 18.6 Å². The van der Waals surface area contributed by atoms with E-state index in [2.05, 4.69) is 16.3 Å². The zero-order valence-corrected chi connectivity index (χ0v) is 13.2. The van der Waals surface area contributed by atoms with E-state index in [1.54, 1.807) is 17.2 Å². The molecule has 2 N–H and O–H groups in total. The minimum atomic E-state index is -0.762. The van der Waals surface area contributed by atoms with Crippen molar-refractivity contribution in [3.05, 3.63) is 53.3 Å². The molecular weight excluding hydrogens is 294 g/mol. The van der Waals surface area contributed by atoms with Gasteiger partial charge in [0.15, 0.2) is 0 Å². The van der Waals surface area contributed by atoms with E-state index in [-0.39, 0.29) is 12.5 Å². The van der Waals surface area contributed by atoms with Gasteiger partial charge in [-0.25, -0.2) is 0 Å². The SMILES string of the molecule is Cc1cccc(C[C@@]2(CO)CN(C(=O)c3ccn[nH]3)CCO2)c1. The molecule has 1 aliphatic heterocycles. The van der Waals surface area contributed by atoms with Crippen molar-refractivity contribution in [3.8, 4) is 0 Å². The molecule has 0 unspecified atom stereocenters. The molecule has 1 atom stereocenters. The van der Waals surface area contributed by atoms with Crippen LogP contribution in [0.1, 0.15) is 21.6 Å². The number of carbonyl (C=O) groups is 1. The highest BCUT2D eigenvalue weighted by Gasteiger charge is 2.38. The van der Waals surface area contributed by atoms with Crippen molar-refractivity contribution in [2.75, 3.05) is 26.3 Å². The third-order valence-corrected chi connectivity index (χ3v) is 4.16. The van der Waals surface area contributed by atoms with E-state index in [4.69, 9.17) is 4.74 Å². The second kappa shape index (κ2) is 6.52. The Bertz CT molecular complexity index is 671. The monoisotopic (exact) mass is 315 g/mol. The molecule has 0 saturated carbocycles. The largest absolute Gasteiger partial charge is 0.393 e. The van der Waals surface area contributed by atoms with Crippen LogP contribution in [0.4, 0.5) is 0 Å². The van der Waals surface area contributed by atoms with Gasteiger partial charge in [-0.15, -0.1) is 0 Å². The number of morpholine rings is 1. The van der Waals surface area contributed by atoms with Gasteiger partial charge in [-0.1, -0.05) is 29.8 Å². The topological polar surface area (TPSA) is 78.5 Å². The van der Waals surface area contributed by atoms with Crippen LogP contribution in [0, 0.1) is 6.92 Å². The second-order valence-electron chi connectivity index (χ2n) is 6.05. The van der Waals surface area contributed by atoms with E-state index >= 15 is 0 Å². The van der Waals surface area contributed by atoms with Crippen LogP contribution in [-0.4, -0.2) is 58.0 Å². The highest BCUT2D eigenvalue weighted by molar-refractivity contribution is 5.92. The van der Waals surface area contributed by atoms with Gasteiger partial charge in [0.05, 0.1) is 19.8 Å². The number of hydrogen-bond acceptors (Lipinski definition) is 4. The molecule has 3 rings (SSSR count). The maximum atomic E-state index is 12.5. The molecule has 1 aliphatic rings. The van der Waals surface area contributed by atoms with Gasteiger partial charge in [-0.3, -0.25) is 9.89 Å². The fourth-order valence-electron chi connectivity index (χ4n) is 3.02. The Morgan fingerprint density at radius 3 is 3.04 bits per heavy atom. The number of aliphatic hydroxyl groups excluding tert-OH is 1. The molecule has 1 amide bonds. The second-order valence-corrected chi connectivity index (χ2v) is 6.05. The van der Waals surface area contributed by atoms with Crippen molar-refractivity contribution < 1.29 is 14.6 Å². The normalized spacial score (nSPS) is 21.4. The number of aromatic amines is 1. The van der Waals surface area contributed by atoms with Crippen molar-refractivity contribution >= 4 is 5.91 Å². The highest BCUT2D eigenvalue weighted by atomic mass is 16.5. The number of carbonyl (C=O) groups excluding carboxylic acids is 1. The van der Waals surface area contributed by atoms with E-state index in [0.717, 1.165) is 11.1 Å². The first kappa shape index (κ1) is 15.7. The number of amides is 1. The maximum Gasteiger partial charge on any atom is 0.272 e. The van der Waals surface area contributed by atoms with Crippen LogP contribution in [0.2, 0.25) is 0 Å². The molecule has 23 heavy (non-hydrogen) atoms. The molecule has 1 aromatic carbocycles. The highest BCUT2D eigenvalue weighted by Crippen LogP contribution is 2.24. The van der Waals surface area contributed by atoms with E-state index < -0.39 is 5.60 Å². The molecule has 2 heterocycles. The number of aliphatic hydroxyl groups is 1. The minimum absolute atomic E-state index is 0.118. The van der Waals surface area contributed by atoms with E-state index in [1.165, 1.54) is 0 Å². The average Bonchev–Trinajstić information content (AvgIpc) is 3.09. The Morgan fingerprint density at radius 1 is 1.48 bits per heavy atom. The summed E-state index contributed by atoms with van der Waals surface area (Å²) in [6.45, 7) is 3.17. The van der Waals surface area contributed by atoms with Crippen molar-refractivity contribution in [1.82, 2.24) is 15.1 Å². The van der Waals surface area contributed by atoms with Crippen LogP contribution in [0.3, 0.4) is 0 Å². The Balaban J connectivity index is 1.77. The Kier molecular flexibility index (Phi) is 4.45. The smallest absolute Gasteiger partial charge is 0.272 e. The molecule has 0 bridgehead atoms. The van der Waals surface area contributed by atoms with Crippen molar-refractivity contribution in [2.45, 2.75) is 18.9 Å². The molecule has 6 nitrogen and oxygen atoms in total. The van der Waals surface area contributed by atoms with E-state index in [0.29, 0.717) is 31.8 Å². The van der Waals surface area contributed by atoms with Crippen molar-refractivity contribution in [2.24, 2.45) is 0 Å². The number of hydrogen-bond donors (Lipinski definition) is 2. The first-order chi connectivity index (χ1) is 11.1. The van der Waals surface area contributed by atoms with Gasteiger partial charge in [0.25, 0.3) is 5.91 Å². The van der Waals surface area contributed by atoms with Gasteiger partial charge in [0, 0.05) is 19.2 Å². The summed E-state index contributed by atoms with van der Waals surface area (Å²) in [5, 5.41) is 16.4. The number of benzene rings is 1. The Hall–Kier alpha value is -2.18. The maximum absolute atomic E-state index is 12.5. The fraction of sp³-hybridized carbons (Fsp3) is 0.412. The van der Waals surface area contributed by atoms with Crippen LogP contribution in [0.5, 0.6) is 0 Å². The standard InChI is InChI=1S/C17H21N3O3/c1-13-3-2-4-14(9-13)10-17(12-21)11-20(7-8-23-17)16(22)15-5-6-18-19-15/h2-6,9,21H,7-8,10-12H2,1H3,(H,18,19)/t17-/m0/s1. The Labute approximate surface area is 135 Å². The molecule has 0 radical (unpaired) electrons. The third kappa shape index (κ3) is 3.43. The predicted octanol–water partition coefficient (Wildman–Crippen LogP) is 1.16. The lowest BCUT2D eigenvalue weighted by Gasteiger charge is -2.41. The third-order valence-electron chi connectivity index (χ3n) is 4.16. The summed E-state index contributed by atoms with van der Waals surface area (Å²) in [5.41, 5.74) is 1.95. The van der Waals surface area contributed by atoms with Gasteiger partial charge < -0.3 is 14.7 Å². The molecule has 0 aliphatic carbocycles. The number of ether oxygens (including phenoxy) is 1. The number of H-pyrrole nitrogens is 1. The van der Waals surface area contributed by atoms with Gasteiger partial charge >= 0.3 is 0 Å². The van der Waals surface area contributed by atoms with Crippen LogP contribution >= 0.6 is 0 Å². The molecule has 1 fully saturated rings. The zero-order valence-electron chi connectivity index (χ0n) is 13.2. The molecule has 1 aromatic heterocycles. The molecular formula is C17H21N3O3. The van der Waals surface area contributed by atoms with Crippen LogP contribution in [0.15, 0.2) is 36.5 Å². The first-order valence-corrected chi connectivity index (χ1v) is 7.71. The van der Waals surface area contributed by atoms with E-state index in [1.807, 2.05) is 25.1 Å². The Morgan fingerprint density at radius 2 is 2.35 bits per heavy atom. The zero-order chi connectivity index (χ0) is 16.3. The molecule has 1 saturated heterocycles. The summed E-state index contributed by atoms with van der Waals surface area (Å²) >= 11 is 0. The minimum Gasteiger partial charge on any atom is -0.393 e. The first-order valence-electron chi connectivity index (χ1n) is 7.71. The van der Waals surface area contributed by atoms with Crippen LogP contribution < -0.4 is 0 Å². The van der Waals surface area contributed by atoms with Crippen molar-refractivity contribution in [1.29, 1.82) is 0 Å². The summed E-state index contributed by atoms with van der Waals surface area (Å²) in [6.07, 6.45) is 2.12. The molecule has 6 heteroatoms. The van der Waals surface area contributed by atoms with E-state index in [9.17, 15) is 9.90 Å². The summed E-state index contributed by atoms with van der Waals surface area (Å²) in [5.74, 6) is -0.118. The number of nitrogens with zero attached hydrogens (tertiary/aromatic N) is 2. The summed E-state index contributed by atoms with van der Waals surface area (Å²) < 4.78 is 5.89. The van der Waals surface area contributed by atoms with Gasteiger partial charge in [0.2, 0.25) is 0 Å². The number of rotatable bonds is 4.